The molecule has 0 bridgehead atoms. The van der Waals surface area contributed by atoms with E-state index in [4.69, 9.17) is 4.74 Å². The molecule has 0 spiro atoms. The minimum absolute atomic E-state index is 0.163. The summed E-state index contributed by atoms with van der Waals surface area (Å²) in [5.74, 6) is -0.143. The first-order chi connectivity index (χ1) is 12.4. The van der Waals surface area contributed by atoms with E-state index in [1.165, 1.54) is 29.2 Å². The Hall–Kier alpha value is -3.42. The van der Waals surface area contributed by atoms with Gasteiger partial charge in [0.1, 0.15) is 12.3 Å². The molecule has 2 rings (SSSR count). The molecule has 0 heterocycles. The lowest BCUT2D eigenvalue weighted by molar-refractivity contribution is -0.384. The fourth-order valence-electron chi connectivity index (χ4n) is 2.31. The molecule has 0 atom stereocenters. The monoisotopic (exact) mass is 357 g/mol. The van der Waals surface area contributed by atoms with Gasteiger partial charge in [-0.25, -0.2) is 0 Å². The molecule has 0 saturated heterocycles. The predicted molar refractivity (Wildman–Crippen MR) is 96.3 cm³/mol. The maximum absolute atomic E-state index is 12.5. The fourth-order valence-corrected chi connectivity index (χ4v) is 2.31. The van der Waals surface area contributed by atoms with Crippen LogP contribution in [0, 0.1) is 10.1 Å². The van der Waals surface area contributed by atoms with Crippen LogP contribution in [0.5, 0.6) is 5.75 Å². The number of hydrogen-bond donors (Lipinski definition) is 1. The molecular weight excluding hydrogens is 338 g/mol. The molecule has 0 aliphatic heterocycles. The van der Waals surface area contributed by atoms with E-state index in [1.807, 2.05) is 0 Å². The zero-order valence-electron chi connectivity index (χ0n) is 14.5. The van der Waals surface area contributed by atoms with Gasteiger partial charge in [0.25, 0.3) is 11.6 Å². The third kappa shape index (κ3) is 4.79. The fraction of sp³-hybridized carbons (Fsp3) is 0.222. The Kier molecular flexibility index (Phi) is 6.26. The van der Waals surface area contributed by atoms with Crippen molar-refractivity contribution >= 4 is 23.2 Å². The number of ether oxygens (including phenoxy) is 1. The molecule has 136 valence electrons. The van der Waals surface area contributed by atoms with E-state index >= 15 is 0 Å². The number of carbonyl (C=O) groups excluding carboxylic acids is 2. The highest BCUT2D eigenvalue weighted by Gasteiger charge is 2.19. The van der Waals surface area contributed by atoms with Crippen LogP contribution in [-0.4, -0.2) is 41.8 Å². The number of nitrogens with one attached hydrogen (secondary N) is 1. The molecular formula is C18H19N3O5. The van der Waals surface area contributed by atoms with Crippen molar-refractivity contribution in [3.8, 4) is 5.75 Å². The van der Waals surface area contributed by atoms with E-state index in [1.54, 1.807) is 38.3 Å². The summed E-state index contributed by atoms with van der Waals surface area (Å²) in [6, 6.07) is 12.2. The van der Waals surface area contributed by atoms with Crippen LogP contribution >= 0.6 is 0 Å². The average Bonchev–Trinajstić information content (AvgIpc) is 2.66. The number of nitro benzene ring substituents is 1. The molecule has 0 aliphatic rings. The highest BCUT2D eigenvalue weighted by Crippen LogP contribution is 2.16. The maximum Gasteiger partial charge on any atom is 0.270 e. The number of likely N-dealkylation sites (N-methyl/N-ethyl adjacent to an activating group) is 1. The van der Waals surface area contributed by atoms with Gasteiger partial charge in [-0.3, -0.25) is 19.7 Å². The summed E-state index contributed by atoms with van der Waals surface area (Å²) in [6.07, 6.45) is 0. The topological polar surface area (TPSA) is 102 Å². The first kappa shape index (κ1) is 18.9. The van der Waals surface area contributed by atoms with Crippen molar-refractivity contribution in [2.24, 2.45) is 0 Å². The minimum Gasteiger partial charge on any atom is -0.497 e. The van der Waals surface area contributed by atoms with Crippen LogP contribution in [0.1, 0.15) is 17.3 Å². The lowest BCUT2D eigenvalue weighted by Gasteiger charge is -2.20. The summed E-state index contributed by atoms with van der Waals surface area (Å²) in [5, 5.41) is 13.5. The number of hydrogen-bond acceptors (Lipinski definition) is 5. The van der Waals surface area contributed by atoms with Crippen LogP contribution in [0.2, 0.25) is 0 Å². The van der Waals surface area contributed by atoms with E-state index in [-0.39, 0.29) is 30.2 Å². The molecule has 2 aromatic carbocycles. The Morgan fingerprint density at radius 3 is 2.46 bits per heavy atom. The summed E-state index contributed by atoms with van der Waals surface area (Å²) in [4.78, 5) is 36.3. The van der Waals surface area contributed by atoms with Gasteiger partial charge < -0.3 is 15.0 Å². The summed E-state index contributed by atoms with van der Waals surface area (Å²) in [6.45, 7) is 1.86. The third-order valence-electron chi connectivity index (χ3n) is 3.68. The number of methoxy groups -OCH3 is 1. The number of carbonyl (C=O) groups is 2. The quantitative estimate of drug-likeness (QED) is 0.606. The van der Waals surface area contributed by atoms with E-state index in [9.17, 15) is 19.7 Å². The van der Waals surface area contributed by atoms with Crippen molar-refractivity contribution < 1.29 is 19.2 Å². The van der Waals surface area contributed by atoms with Crippen molar-refractivity contribution in [1.82, 2.24) is 4.90 Å². The Balaban J connectivity index is 2.05. The smallest absolute Gasteiger partial charge is 0.270 e. The minimum atomic E-state index is -0.566. The second-order valence-corrected chi connectivity index (χ2v) is 5.40. The Labute approximate surface area is 150 Å². The molecule has 0 saturated carbocycles. The number of nitrogens with zero attached hydrogens (tertiary/aromatic N) is 2. The lowest BCUT2D eigenvalue weighted by Crippen LogP contribution is -2.37. The Morgan fingerprint density at radius 1 is 1.19 bits per heavy atom. The molecule has 0 aliphatic carbocycles. The first-order valence-electron chi connectivity index (χ1n) is 7.92. The van der Waals surface area contributed by atoms with Gasteiger partial charge in [0.05, 0.1) is 12.0 Å². The van der Waals surface area contributed by atoms with Gasteiger partial charge in [0, 0.05) is 29.9 Å². The van der Waals surface area contributed by atoms with Gasteiger partial charge in [0.15, 0.2) is 0 Å². The van der Waals surface area contributed by atoms with Crippen LogP contribution in [-0.2, 0) is 4.79 Å². The third-order valence-corrected chi connectivity index (χ3v) is 3.68. The molecule has 8 nitrogen and oxygen atoms in total. The van der Waals surface area contributed by atoms with E-state index in [0.29, 0.717) is 11.4 Å². The van der Waals surface area contributed by atoms with Crippen LogP contribution in [0.4, 0.5) is 11.4 Å². The second-order valence-electron chi connectivity index (χ2n) is 5.40. The molecule has 26 heavy (non-hydrogen) atoms. The predicted octanol–water partition coefficient (Wildman–Crippen LogP) is 2.70. The largest absolute Gasteiger partial charge is 0.497 e. The van der Waals surface area contributed by atoms with E-state index in [0.717, 1.165) is 0 Å². The van der Waals surface area contributed by atoms with Gasteiger partial charge in [0.2, 0.25) is 5.91 Å². The SMILES string of the molecule is CCN(CC(=O)Nc1ccc(OC)cc1)C(=O)c1cccc([N+](=O)[O-])c1. The normalized spacial score (nSPS) is 10.1. The summed E-state index contributed by atoms with van der Waals surface area (Å²) in [5.41, 5.74) is 0.572. The van der Waals surface area contributed by atoms with Crippen LogP contribution in [0.15, 0.2) is 48.5 Å². The summed E-state index contributed by atoms with van der Waals surface area (Å²) >= 11 is 0. The average molecular weight is 357 g/mol. The van der Waals surface area contributed by atoms with E-state index < -0.39 is 10.8 Å². The molecule has 0 fully saturated rings. The van der Waals surface area contributed by atoms with Gasteiger partial charge in [-0.1, -0.05) is 6.07 Å². The zero-order chi connectivity index (χ0) is 19.1. The molecule has 0 unspecified atom stereocenters. The van der Waals surface area contributed by atoms with Gasteiger partial charge in [-0.2, -0.15) is 0 Å². The van der Waals surface area contributed by atoms with Crippen molar-refractivity contribution in [3.05, 3.63) is 64.2 Å². The van der Waals surface area contributed by atoms with Crippen molar-refractivity contribution in [1.29, 1.82) is 0 Å². The highest BCUT2D eigenvalue weighted by molar-refractivity contribution is 5.99. The Bertz CT molecular complexity index is 805. The van der Waals surface area contributed by atoms with Crippen LogP contribution in [0.3, 0.4) is 0 Å². The number of non-ortho nitro benzene ring substituents is 1. The van der Waals surface area contributed by atoms with Gasteiger partial charge >= 0.3 is 0 Å². The molecule has 0 aromatic heterocycles. The number of amides is 2. The van der Waals surface area contributed by atoms with Crippen LogP contribution in [0.25, 0.3) is 0 Å². The van der Waals surface area contributed by atoms with Crippen molar-refractivity contribution in [2.75, 3.05) is 25.5 Å². The Morgan fingerprint density at radius 2 is 1.88 bits per heavy atom. The summed E-state index contributed by atoms with van der Waals surface area (Å²) < 4.78 is 5.05. The molecule has 8 heteroatoms. The maximum atomic E-state index is 12.5. The molecule has 1 N–H and O–H groups in total. The zero-order valence-corrected chi connectivity index (χ0v) is 14.5. The first-order valence-corrected chi connectivity index (χ1v) is 7.92. The molecule has 2 aromatic rings. The lowest BCUT2D eigenvalue weighted by atomic mass is 10.1. The van der Waals surface area contributed by atoms with Gasteiger partial charge in [-0.15, -0.1) is 0 Å². The molecule has 0 radical (unpaired) electrons. The molecule has 2 amide bonds. The van der Waals surface area contributed by atoms with E-state index in [2.05, 4.69) is 5.32 Å². The number of nitro groups is 1. The highest BCUT2D eigenvalue weighted by atomic mass is 16.6. The van der Waals surface area contributed by atoms with Gasteiger partial charge in [-0.05, 0) is 37.3 Å². The van der Waals surface area contributed by atoms with Crippen molar-refractivity contribution in [2.45, 2.75) is 6.92 Å². The standard InChI is InChI=1S/C18H19N3O5/c1-3-20(18(23)13-5-4-6-15(11-13)21(24)25)12-17(22)19-14-7-9-16(26-2)10-8-14/h4-11H,3,12H2,1-2H3,(H,19,22). The number of rotatable bonds is 7. The summed E-state index contributed by atoms with van der Waals surface area (Å²) in [7, 11) is 1.55. The van der Waals surface area contributed by atoms with Crippen molar-refractivity contribution in [3.63, 3.8) is 0 Å². The number of benzene rings is 2. The second kappa shape index (κ2) is 8.61. The number of anilines is 1. The van der Waals surface area contributed by atoms with Crippen LogP contribution < -0.4 is 10.1 Å².